The highest BCUT2D eigenvalue weighted by Crippen LogP contribution is 2.15. The molecule has 21 heavy (non-hydrogen) atoms. The van der Waals surface area contributed by atoms with Crippen LogP contribution < -0.4 is 10.0 Å². The first-order chi connectivity index (χ1) is 9.96. The van der Waals surface area contributed by atoms with Gasteiger partial charge in [-0.15, -0.1) is 0 Å². The van der Waals surface area contributed by atoms with E-state index in [1.807, 2.05) is 12.1 Å². The minimum absolute atomic E-state index is 0.565. The maximum absolute atomic E-state index is 11.1. The molecule has 2 aromatic carbocycles. The molecule has 0 aliphatic rings. The standard InChI is InChI=1S/C16H20N2O2S/c1-3-13-4-6-14(7-5-13)12-17-15-8-10-16(11-9-15)18-21(2,19)20/h4-11,17-18H,3,12H2,1-2H3. The summed E-state index contributed by atoms with van der Waals surface area (Å²) in [7, 11) is -3.22. The molecule has 0 spiro atoms. The van der Waals surface area contributed by atoms with Gasteiger partial charge >= 0.3 is 0 Å². The van der Waals surface area contributed by atoms with E-state index in [0.29, 0.717) is 5.69 Å². The van der Waals surface area contributed by atoms with Crippen LogP contribution in [-0.4, -0.2) is 14.7 Å². The summed E-state index contributed by atoms with van der Waals surface area (Å²) in [5, 5.41) is 3.31. The number of nitrogens with one attached hydrogen (secondary N) is 2. The first kappa shape index (κ1) is 15.4. The van der Waals surface area contributed by atoms with Gasteiger partial charge in [0, 0.05) is 17.9 Å². The summed E-state index contributed by atoms with van der Waals surface area (Å²) in [5.74, 6) is 0. The SMILES string of the molecule is CCc1ccc(CNc2ccc(NS(C)(=O)=O)cc2)cc1. The second kappa shape index (κ2) is 6.63. The number of aryl methyl sites for hydroxylation is 1. The van der Waals surface area contributed by atoms with Crippen molar-refractivity contribution in [3.8, 4) is 0 Å². The number of hydrogen-bond donors (Lipinski definition) is 2. The van der Waals surface area contributed by atoms with Crippen LogP contribution in [-0.2, 0) is 23.0 Å². The number of rotatable bonds is 6. The van der Waals surface area contributed by atoms with Crippen molar-refractivity contribution in [2.45, 2.75) is 19.9 Å². The quantitative estimate of drug-likeness (QED) is 0.861. The minimum atomic E-state index is -3.22. The predicted octanol–water partition coefficient (Wildman–Crippen LogP) is 3.23. The Bertz CT molecular complexity index is 677. The largest absolute Gasteiger partial charge is 0.381 e. The number of hydrogen-bond acceptors (Lipinski definition) is 3. The van der Waals surface area contributed by atoms with Gasteiger partial charge in [-0.25, -0.2) is 8.42 Å². The molecule has 0 bridgehead atoms. The van der Waals surface area contributed by atoms with Crippen molar-refractivity contribution in [1.82, 2.24) is 0 Å². The Morgan fingerprint density at radius 1 is 0.857 bits per heavy atom. The lowest BCUT2D eigenvalue weighted by molar-refractivity contribution is 0.607. The zero-order valence-electron chi connectivity index (χ0n) is 12.3. The van der Waals surface area contributed by atoms with Crippen LogP contribution in [0.25, 0.3) is 0 Å². The van der Waals surface area contributed by atoms with Crippen molar-refractivity contribution in [1.29, 1.82) is 0 Å². The number of anilines is 2. The molecule has 0 saturated heterocycles. The average Bonchev–Trinajstić information content (AvgIpc) is 2.45. The lowest BCUT2D eigenvalue weighted by Gasteiger charge is -2.09. The van der Waals surface area contributed by atoms with Crippen LogP contribution in [0.1, 0.15) is 18.1 Å². The summed E-state index contributed by atoms with van der Waals surface area (Å²) >= 11 is 0. The van der Waals surface area contributed by atoms with E-state index in [4.69, 9.17) is 0 Å². The molecule has 2 rings (SSSR count). The molecule has 0 amide bonds. The molecule has 0 aromatic heterocycles. The molecule has 0 aliphatic heterocycles. The molecule has 0 saturated carbocycles. The fraction of sp³-hybridized carbons (Fsp3) is 0.250. The molecule has 0 unspecified atom stereocenters. The molecule has 4 nitrogen and oxygen atoms in total. The zero-order chi connectivity index (χ0) is 15.3. The van der Waals surface area contributed by atoms with Gasteiger partial charge in [0.1, 0.15) is 0 Å². The fourth-order valence-electron chi connectivity index (χ4n) is 1.97. The van der Waals surface area contributed by atoms with E-state index >= 15 is 0 Å². The van der Waals surface area contributed by atoms with Crippen LogP contribution in [0.3, 0.4) is 0 Å². The first-order valence-electron chi connectivity index (χ1n) is 6.86. The molecular formula is C16H20N2O2S. The van der Waals surface area contributed by atoms with Gasteiger partial charge in [0.15, 0.2) is 0 Å². The zero-order valence-corrected chi connectivity index (χ0v) is 13.1. The van der Waals surface area contributed by atoms with Gasteiger partial charge in [-0.3, -0.25) is 4.72 Å². The fourth-order valence-corrected chi connectivity index (χ4v) is 2.53. The summed E-state index contributed by atoms with van der Waals surface area (Å²) in [6.45, 7) is 2.88. The summed E-state index contributed by atoms with van der Waals surface area (Å²) < 4.78 is 24.7. The Balaban J connectivity index is 1.94. The molecule has 0 atom stereocenters. The van der Waals surface area contributed by atoms with E-state index < -0.39 is 10.0 Å². The molecule has 2 aromatic rings. The van der Waals surface area contributed by atoms with Crippen LogP contribution in [0, 0.1) is 0 Å². The van der Waals surface area contributed by atoms with Crippen molar-refractivity contribution < 1.29 is 8.42 Å². The van der Waals surface area contributed by atoms with Crippen LogP contribution in [0.5, 0.6) is 0 Å². The molecule has 0 radical (unpaired) electrons. The smallest absolute Gasteiger partial charge is 0.229 e. The molecule has 5 heteroatoms. The normalized spacial score (nSPS) is 11.1. The summed E-state index contributed by atoms with van der Waals surface area (Å²) in [6.07, 6.45) is 2.18. The van der Waals surface area contributed by atoms with Crippen LogP contribution in [0.2, 0.25) is 0 Å². The Morgan fingerprint density at radius 2 is 1.38 bits per heavy atom. The second-order valence-electron chi connectivity index (χ2n) is 4.98. The van der Waals surface area contributed by atoms with Gasteiger partial charge < -0.3 is 5.32 Å². The van der Waals surface area contributed by atoms with Gasteiger partial charge in [-0.1, -0.05) is 31.2 Å². The summed E-state index contributed by atoms with van der Waals surface area (Å²) in [5.41, 5.74) is 4.06. The number of sulfonamides is 1. The molecule has 0 aliphatic carbocycles. The second-order valence-corrected chi connectivity index (χ2v) is 6.72. The van der Waals surface area contributed by atoms with Gasteiger partial charge in [-0.05, 0) is 41.8 Å². The van der Waals surface area contributed by atoms with Crippen molar-refractivity contribution >= 4 is 21.4 Å². The van der Waals surface area contributed by atoms with E-state index in [2.05, 4.69) is 41.2 Å². The number of benzene rings is 2. The van der Waals surface area contributed by atoms with Crippen molar-refractivity contribution in [2.75, 3.05) is 16.3 Å². The third-order valence-electron chi connectivity index (χ3n) is 3.12. The van der Waals surface area contributed by atoms with Crippen LogP contribution >= 0.6 is 0 Å². The van der Waals surface area contributed by atoms with E-state index in [-0.39, 0.29) is 0 Å². The topological polar surface area (TPSA) is 58.2 Å². The monoisotopic (exact) mass is 304 g/mol. The van der Waals surface area contributed by atoms with Gasteiger partial charge in [0.25, 0.3) is 0 Å². The average molecular weight is 304 g/mol. The van der Waals surface area contributed by atoms with Crippen LogP contribution in [0.15, 0.2) is 48.5 Å². The Kier molecular flexibility index (Phi) is 4.85. The van der Waals surface area contributed by atoms with Gasteiger partial charge in [-0.2, -0.15) is 0 Å². The predicted molar refractivity (Wildman–Crippen MR) is 88.1 cm³/mol. The van der Waals surface area contributed by atoms with Crippen molar-refractivity contribution in [3.63, 3.8) is 0 Å². The molecule has 2 N–H and O–H groups in total. The van der Waals surface area contributed by atoms with Crippen LogP contribution in [0.4, 0.5) is 11.4 Å². The molecule has 0 fully saturated rings. The highest BCUT2D eigenvalue weighted by Gasteiger charge is 2.01. The van der Waals surface area contributed by atoms with Gasteiger partial charge in [0.05, 0.1) is 6.26 Å². The maximum atomic E-state index is 11.1. The third-order valence-corrected chi connectivity index (χ3v) is 3.72. The van der Waals surface area contributed by atoms with E-state index in [0.717, 1.165) is 24.9 Å². The Labute approximate surface area is 126 Å². The van der Waals surface area contributed by atoms with E-state index in [1.165, 1.54) is 11.1 Å². The van der Waals surface area contributed by atoms with Crippen molar-refractivity contribution in [2.24, 2.45) is 0 Å². The lowest BCUT2D eigenvalue weighted by Crippen LogP contribution is -2.09. The molecule has 0 heterocycles. The first-order valence-corrected chi connectivity index (χ1v) is 8.75. The Morgan fingerprint density at radius 3 is 1.90 bits per heavy atom. The highest BCUT2D eigenvalue weighted by molar-refractivity contribution is 7.92. The molecular weight excluding hydrogens is 284 g/mol. The third kappa shape index (κ3) is 5.11. The van der Waals surface area contributed by atoms with E-state index in [9.17, 15) is 8.42 Å². The minimum Gasteiger partial charge on any atom is -0.381 e. The lowest BCUT2D eigenvalue weighted by atomic mass is 10.1. The highest BCUT2D eigenvalue weighted by atomic mass is 32.2. The van der Waals surface area contributed by atoms with E-state index in [1.54, 1.807) is 12.1 Å². The summed E-state index contributed by atoms with van der Waals surface area (Å²) in [4.78, 5) is 0. The summed E-state index contributed by atoms with van der Waals surface area (Å²) in [6, 6.07) is 15.7. The Hall–Kier alpha value is -2.01. The van der Waals surface area contributed by atoms with Gasteiger partial charge in [0.2, 0.25) is 10.0 Å². The maximum Gasteiger partial charge on any atom is 0.229 e. The molecule has 112 valence electrons. The van der Waals surface area contributed by atoms with Crippen molar-refractivity contribution in [3.05, 3.63) is 59.7 Å².